The first-order valence-corrected chi connectivity index (χ1v) is 3.64. The van der Waals surface area contributed by atoms with Gasteiger partial charge in [-0.3, -0.25) is 0 Å². The molecule has 0 unspecified atom stereocenters. The third-order valence-electron chi connectivity index (χ3n) is 0. The number of thiocarbonyl (C=S) groups is 2. The standard InChI is InChI=1S/C2H4.2CH3NS2/c1-2;2*2-1(3)4/h1-2H2;2*(H3,2,3,4). The third kappa shape index (κ3) is 8850. The highest BCUT2D eigenvalue weighted by molar-refractivity contribution is 8.11. The molecule has 0 saturated carbocycles. The van der Waals surface area contributed by atoms with Crippen LogP contribution in [0.3, 0.4) is 0 Å². The number of thiol groups is 2. The highest BCUT2D eigenvalue weighted by Crippen LogP contribution is 1.63. The molecule has 0 radical (unpaired) electrons. The molecule has 0 aliphatic heterocycles. The molecule has 0 aromatic carbocycles. The lowest BCUT2D eigenvalue weighted by molar-refractivity contribution is 1.91. The molecule has 0 bridgehead atoms. The SMILES string of the molecule is C=C.NC(=S)S.NC(=S)S. The average Bonchev–Trinajstić information content (AvgIpc) is 1.66. The monoisotopic (exact) mass is 214 g/mol. The van der Waals surface area contributed by atoms with E-state index in [-0.39, 0.29) is 8.64 Å². The maximum absolute atomic E-state index is 4.71. The van der Waals surface area contributed by atoms with Crippen LogP contribution in [0.15, 0.2) is 13.2 Å². The Morgan fingerprint density at radius 3 is 1.00 bits per heavy atom. The molecule has 0 aliphatic rings. The highest BCUT2D eigenvalue weighted by atomic mass is 32.1. The quantitative estimate of drug-likeness (QED) is 0.277. The van der Waals surface area contributed by atoms with E-state index in [0.717, 1.165) is 0 Å². The molecule has 60 valence electrons. The van der Waals surface area contributed by atoms with E-state index in [1.165, 1.54) is 0 Å². The van der Waals surface area contributed by atoms with E-state index in [1.807, 2.05) is 0 Å². The zero-order valence-corrected chi connectivity index (χ0v) is 8.70. The van der Waals surface area contributed by atoms with Crippen LogP contribution in [-0.2, 0) is 0 Å². The molecular formula is C4H10N2S4. The third-order valence-corrected chi connectivity index (χ3v) is 0. The summed E-state index contributed by atoms with van der Waals surface area (Å²) in [5, 5.41) is 0. The Balaban J connectivity index is -0.0000000787. The largest absolute Gasteiger partial charge is 0.385 e. The maximum atomic E-state index is 4.71. The van der Waals surface area contributed by atoms with E-state index in [0.29, 0.717) is 0 Å². The summed E-state index contributed by atoms with van der Waals surface area (Å²) >= 11 is 15.3. The Hall–Kier alpha value is 0.220. The molecule has 0 fully saturated rings. The second-order valence-corrected chi connectivity index (χ2v) is 3.12. The second kappa shape index (κ2) is 16.1. The minimum atomic E-state index is 0.194. The highest BCUT2D eigenvalue weighted by Gasteiger charge is 1.56. The molecule has 0 spiro atoms. The predicted molar refractivity (Wildman–Crippen MR) is 62.8 cm³/mol. The molecule has 0 aliphatic carbocycles. The van der Waals surface area contributed by atoms with Crippen molar-refractivity contribution in [1.82, 2.24) is 0 Å². The first-order valence-electron chi connectivity index (χ1n) is 1.93. The lowest BCUT2D eigenvalue weighted by atomic mass is 11.3. The van der Waals surface area contributed by atoms with Gasteiger partial charge < -0.3 is 11.5 Å². The van der Waals surface area contributed by atoms with Crippen molar-refractivity contribution < 1.29 is 0 Å². The molecule has 0 rings (SSSR count). The van der Waals surface area contributed by atoms with Crippen molar-refractivity contribution in [3.63, 3.8) is 0 Å². The van der Waals surface area contributed by atoms with E-state index < -0.39 is 0 Å². The normalized spacial score (nSPS) is 5.40. The van der Waals surface area contributed by atoms with E-state index in [1.54, 1.807) is 0 Å². The van der Waals surface area contributed by atoms with E-state index >= 15 is 0 Å². The van der Waals surface area contributed by atoms with Gasteiger partial charge in [0.15, 0.2) is 0 Å². The van der Waals surface area contributed by atoms with Crippen LogP contribution in [-0.4, -0.2) is 8.64 Å². The molecule has 0 atom stereocenters. The lowest BCUT2D eigenvalue weighted by Crippen LogP contribution is -1.94. The van der Waals surface area contributed by atoms with Gasteiger partial charge in [0.2, 0.25) is 0 Å². The van der Waals surface area contributed by atoms with Crippen molar-refractivity contribution in [2.24, 2.45) is 11.5 Å². The van der Waals surface area contributed by atoms with Crippen LogP contribution in [0, 0.1) is 0 Å². The minimum Gasteiger partial charge on any atom is -0.385 e. The van der Waals surface area contributed by atoms with Gasteiger partial charge in [-0.2, -0.15) is 0 Å². The lowest BCUT2D eigenvalue weighted by Gasteiger charge is -1.64. The number of nitrogens with two attached hydrogens (primary N) is 2. The zero-order chi connectivity index (χ0) is 9.15. The Morgan fingerprint density at radius 2 is 1.00 bits per heavy atom. The average molecular weight is 214 g/mol. The smallest absolute Gasteiger partial charge is 0.128 e. The van der Waals surface area contributed by atoms with Crippen LogP contribution >= 0.6 is 49.7 Å². The summed E-state index contributed by atoms with van der Waals surface area (Å²) in [4.78, 5) is 0. The summed E-state index contributed by atoms with van der Waals surface area (Å²) in [7, 11) is 0. The molecule has 2 nitrogen and oxygen atoms in total. The molecular weight excluding hydrogens is 204 g/mol. The molecule has 0 aromatic rings. The van der Waals surface area contributed by atoms with Gasteiger partial charge in [0.1, 0.15) is 8.64 Å². The Labute approximate surface area is 82.9 Å². The minimum absolute atomic E-state index is 0.194. The maximum Gasteiger partial charge on any atom is 0.128 e. The van der Waals surface area contributed by atoms with Crippen LogP contribution in [0.4, 0.5) is 0 Å². The van der Waals surface area contributed by atoms with Gasteiger partial charge in [0.05, 0.1) is 0 Å². The van der Waals surface area contributed by atoms with Crippen molar-refractivity contribution in [2.75, 3.05) is 0 Å². The Morgan fingerprint density at radius 1 is 1.00 bits per heavy atom. The summed E-state index contributed by atoms with van der Waals surface area (Å²) in [5.41, 5.74) is 9.41. The predicted octanol–water partition coefficient (Wildman–Crippen LogP) is 1.12. The molecule has 10 heavy (non-hydrogen) atoms. The number of rotatable bonds is 0. The van der Waals surface area contributed by atoms with Crippen molar-refractivity contribution in [1.29, 1.82) is 0 Å². The molecule has 4 N–H and O–H groups in total. The molecule has 0 aromatic heterocycles. The fourth-order valence-electron chi connectivity index (χ4n) is 0. The summed E-state index contributed by atoms with van der Waals surface area (Å²) < 4.78 is 0.389. The first kappa shape index (κ1) is 16.7. The van der Waals surface area contributed by atoms with Crippen molar-refractivity contribution in [3.8, 4) is 0 Å². The van der Waals surface area contributed by atoms with Crippen LogP contribution in [0.25, 0.3) is 0 Å². The van der Waals surface area contributed by atoms with Gasteiger partial charge in [-0.05, 0) is 0 Å². The zero-order valence-electron chi connectivity index (χ0n) is 5.28. The summed E-state index contributed by atoms with van der Waals surface area (Å²) in [6.45, 7) is 6.00. The summed E-state index contributed by atoms with van der Waals surface area (Å²) in [6, 6.07) is 0. The van der Waals surface area contributed by atoms with Crippen molar-refractivity contribution in [3.05, 3.63) is 13.2 Å². The van der Waals surface area contributed by atoms with Gasteiger partial charge >= 0.3 is 0 Å². The first-order chi connectivity index (χ1) is 4.46. The summed E-state index contributed by atoms with van der Waals surface area (Å²) in [5.74, 6) is 0. The topological polar surface area (TPSA) is 52.0 Å². The van der Waals surface area contributed by atoms with Gasteiger partial charge in [-0.15, -0.1) is 38.4 Å². The Bertz CT molecular complexity index is 83.4. The van der Waals surface area contributed by atoms with Gasteiger partial charge in [-0.25, -0.2) is 0 Å². The van der Waals surface area contributed by atoms with Gasteiger partial charge in [-0.1, -0.05) is 24.4 Å². The van der Waals surface area contributed by atoms with Gasteiger partial charge in [0.25, 0.3) is 0 Å². The molecule has 0 saturated heterocycles. The number of hydrogen-bond acceptors (Lipinski definition) is 2. The Kier molecular flexibility index (Phi) is 26.8. The molecule has 0 amide bonds. The van der Waals surface area contributed by atoms with E-state index in [4.69, 9.17) is 11.5 Å². The molecule has 0 heterocycles. The van der Waals surface area contributed by atoms with Crippen molar-refractivity contribution >= 4 is 58.3 Å². The van der Waals surface area contributed by atoms with Crippen LogP contribution < -0.4 is 11.5 Å². The van der Waals surface area contributed by atoms with E-state index in [2.05, 4.69) is 62.9 Å². The van der Waals surface area contributed by atoms with Crippen LogP contribution in [0.5, 0.6) is 0 Å². The van der Waals surface area contributed by atoms with Crippen molar-refractivity contribution in [2.45, 2.75) is 0 Å². The molecule has 6 heteroatoms. The van der Waals surface area contributed by atoms with Gasteiger partial charge in [0, 0.05) is 0 Å². The fourth-order valence-corrected chi connectivity index (χ4v) is 0. The summed E-state index contributed by atoms with van der Waals surface area (Å²) in [6.07, 6.45) is 0. The van der Waals surface area contributed by atoms with Crippen LogP contribution in [0.1, 0.15) is 0 Å². The van der Waals surface area contributed by atoms with Crippen LogP contribution in [0.2, 0.25) is 0 Å². The second-order valence-electron chi connectivity index (χ2n) is 0.676. The fraction of sp³-hybridized carbons (Fsp3) is 0. The van der Waals surface area contributed by atoms with E-state index in [9.17, 15) is 0 Å². The number of hydrogen-bond donors (Lipinski definition) is 4.